The summed E-state index contributed by atoms with van der Waals surface area (Å²) in [5.41, 5.74) is 2.70. The number of aryl methyl sites for hydroxylation is 1. The van der Waals surface area contributed by atoms with Gasteiger partial charge in [0, 0.05) is 22.6 Å². The molecule has 0 saturated carbocycles. The Morgan fingerprint density at radius 3 is 2.89 bits per heavy atom. The molecule has 0 aliphatic rings. The number of aromatic nitrogens is 1. The van der Waals surface area contributed by atoms with Crippen LogP contribution < -0.4 is 10.6 Å². The smallest absolute Gasteiger partial charge is 0.230 e. The van der Waals surface area contributed by atoms with Crippen LogP contribution in [0.3, 0.4) is 0 Å². The fourth-order valence-corrected chi connectivity index (χ4v) is 2.59. The van der Waals surface area contributed by atoms with Gasteiger partial charge < -0.3 is 10.6 Å². The first kappa shape index (κ1) is 14.0. The Morgan fingerprint density at radius 1 is 1.47 bits per heavy atom. The van der Waals surface area contributed by atoms with Crippen molar-refractivity contribution in [3.05, 3.63) is 39.3 Å². The molecule has 100 valence electrons. The fraction of sp³-hybridized carbons (Fsp3) is 0.231. The minimum atomic E-state index is -0.0660. The van der Waals surface area contributed by atoms with Crippen LogP contribution in [-0.4, -0.2) is 17.9 Å². The fourth-order valence-electron chi connectivity index (χ4n) is 1.54. The van der Waals surface area contributed by atoms with Gasteiger partial charge in [-0.1, -0.05) is 22.0 Å². The van der Waals surface area contributed by atoms with Crippen LogP contribution in [0.1, 0.15) is 11.3 Å². The lowest BCUT2D eigenvalue weighted by molar-refractivity contribution is -0.115. The predicted octanol–water partition coefficient (Wildman–Crippen LogP) is 3.44. The molecule has 2 rings (SSSR count). The third-order valence-corrected chi connectivity index (χ3v) is 4.33. The number of nitrogens with one attached hydrogen (secondary N) is 2. The second-order valence-electron chi connectivity index (χ2n) is 4.08. The highest BCUT2D eigenvalue weighted by Crippen LogP contribution is 2.21. The van der Waals surface area contributed by atoms with E-state index in [1.807, 2.05) is 37.6 Å². The van der Waals surface area contributed by atoms with Gasteiger partial charge in [0.15, 0.2) is 5.13 Å². The Kier molecular flexibility index (Phi) is 4.55. The van der Waals surface area contributed by atoms with Crippen LogP contribution >= 0.6 is 27.3 Å². The lowest BCUT2D eigenvalue weighted by Crippen LogP contribution is -2.14. The van der Waals surface area contributed by atoms with E-state index in [9.17, 15) is 4.79 Å². The van der Waals surface area contributed by atoms with E-state index < -0.39 is 0 Å². The van der Waals surface area contributed by atoms with E-state index in [0.717, 1.165) is 26.5 Å². The molecule has 2 aromatic rings. The molecule has 0 fully saturated rings. The van der Waals surface area contributed by atoms with Gasteiger partial charge in [0.25, 0.3) is 0 Å². The summed E-state index contributed by atoms with van der Waals surface area (Å²) in [6, 6.07) is 5.74. The number of amides is 1. The summed E-state index contributed by atoms with van der Waals surface area (Å²) in [6.07, 6.45) is 0.281. The van der Waals surface area contributed by atoms with Crippen LogP contribution in [0.25, 0.3) is 0 Å². The zero-order valence-electron chi connectivity index (χ0n) is 10.7. The van der Waals surface area contributed by atoms with Gasteiger partial charge in [-0.05, 0) is 24.6 Å². The summed E-state index contributed by atoms with van der Waals surface area (Å²) in [7, 11) is 1.81. The van der Waals surface area contributed by atoms with E-state index >= 15 is 0 Å². The second kappa shape index (κ2) is 6.16. The largest absolute Gasteiger partial charge is 0.365 e. The van der Waals surface area contributed by atoms with Crippen molar-refractivity contribution >= 4 is 44.0 Å². The van der Waals surface area contributed by atoms with Crippen molar-refractivity contribution in [2.45, 2.75) is 13.3 Å². The number of thiazole rings is 1. The van der Waals surface area contributed by atoms with E-state index in [1.54, 1.807) is 0 Å². The Bertz CT molecular complexity index is 597. The molecule has 0 radical (unpaired) electrons. The van der Waals surface area contributed by atoms with Gasteiger partial charge in [0.1, 0.15) is 0 Å². The van der Waals surface area contributed by atoms with Crippen LogP contribution in [0.2, 0.25) is 0 Å². The first-order valence-corrected chi connectivity index (χ1v) is 7.44. The van der Waals surface area contributed by atoms with Crippen molar-refractivity contribution in [1.82, 2.24) is 4.98 Å². The molecule has 1 amide bonds. The Labute approximate surface area is 124 Å². The topological polar surface area (TPSA) is 54.0 Å². The maximum absolute atomic E-state index is 11.9. The normalized spacial score (nSPS) is 10.3. The molecule has 0 unspecified atom stereocenters. The van der Waals surface area contributed by atoms with Crippen molar-refractivity contribution in [1.29, 1.82) is 0 Å². The first-order chi connectivity index (χ1) is 9.08. The van der Waals surface area contributed by atoms with E-state index in [1.165, 1.54) is 11.3 Å². The number of nitrogens with zero attached hydrogens (tertiary/aromatic N) is 1. The molecule has 4 nitrogen and oxygen atoms in total. The SMILES string of the molecule is CNc1nc(CC(=O)Nc2ccc(C)c(Br)c2)cs1. The van der Waals surface area contributed by atoms with Crippen molar-refractivity contribution < 1.29 is 4.79 Å². The molecule has 19 heavy (non-hydrogen) atoms. The predicted molar refractivity (Wildman–Crippen MR) is 82.9 cm³/mol. The molecular formula is C13H14BrN3OS. The number of rotatable bonds is 4. The number of hydrogen-bond donors (Lipinski definition) is 2. The molecular weight excluding hydrogens is 326 g/mol. The van der Waals surface area contributed by atoms with Crippen LogP contribution in [0.15, 0.2) is 28.1 Å². The molecule has 6 heteroatoms. The van der Waals surface area contributed by atoms with Gasteiger partial charge in [0.05, 0.1) is 12.1 Å². The van der Waals surface area contributed by atoms with Crippen molar-refractivity contribution in [2.24, 2.45) is 0 Å². The van der Waals surface area contributed by atoms with E-state index in [2.05, 4.69) is 31.5 Å². The van der Waals surface area contributed by atoms with Crippen molar-refractivity contribution in [3.8, 4) is 0 Å². The zero-order valence-corrected chi connectivity index (χ0v) is 13.1. The average Bonchev–Trinajstić information content (AvgIpc) is 2.81. The minimum absolute atomic E-state index is 0.0660. The number of carbonyl (C=O) groups is 1. The number of carbonyl (C=O) groups excluding carboxylic acids is 1. The number of benzene rings is 1. The van der Waals surface area contributed by atoms with Gasteiger partial charge in [-0.15, -0.1) is 11.3 Å². The number of hydrogen-bond acceptors (Lipinski definition) is 4. The van der Waals surface area contributed by atoms with Crippen LogP contribution in [0, 0.1) is 6.92 Å². The quantitative estimate of drug-likeness (QED) is 0.897. The average molecular weight is 340 g/mol. The lowest BCUT2D eigenvalue weighted by atomic mass is 10.2. The molecule has 0 bridgehead atoms. The summed E-state index contributed by atoms with van der Waals surface area (Å²) in [5, 5.41) is 8.52. The molecule has 0 spiro atoms. The highest BCUT2D eigenvalue weighted by atomic mass is 79.9. The lowest BCUT2D eigenvalue weighted by Gasteiger charge is -2.06. The maximum Gasteiger partial charge on any atom is 0.230 e. The van der Waals surface area contributed by atoms with Gasteiger partial charge in [-0.2, -0.15) is 0 Å². The van der Waals surface area contributed by atoms with Gasteiger partial charge in [0.2, 0.25) is 5.91 Å². The number of anilines is 2. The monoisotopic (exact) mass is 339 g/mol. The van der Waals surface area contributed by atoms with Crippen LogP contribution in [0.5, 0.6) is 0 Å². The van der Waals surface area contributed by atoms with Crippen molar-refractivity contribution in [3.63, 3.8) is 0 Å². The molecule has 2 N–H and O–H groups in total. The van der Waals surface area contributed by atoms with Gasteiger partial charge >= 0.3 is 0 Å². The van der Waals surface area contributed by atoms with Crippen LogP contribution in [-0.2, 0) is 11.2 Å². The highest BCUT2D eigenvalue weighted by molar-refractivity contribution is 9.10. The molecule has 1 aromatic heterocycles. The van der Waals surface area contributed by atoms with E-state index in [0.29, 0.717) is 0 Å². The van der Waals surface area contributed by atoms with Gasteiger partial charge in [-0.25, -0.2) is 4.98 Å². The summed E-state index contributed by atoms with van der Waals surface area (Å²) >= 11 is 4.94. The Morgan fingerprint density at radius 2 is 2.26 bits per heavy atom. The highest BCUT2D eigenvalue weighted by Gasteiger charge is 2.08. The van der Waals surface area contributed by atoms with Crippen LogP contribution in [0.4, 0.5) is 10.8 Å². The summed E-state index contributed by atoms with van der Waals surface area (Å²) in [5.74, 6) is -0.0660. The number of halogens is 1. The molecule has 1 aromatic carbocycles. The summed E-state index contributed by atoms with van der Waals surface area (Å²) in [6.45, 7) is 2.00. The molecule has 0 atom stereocenters. The second-order valence-corrected chi connectivity index (χ2v) is 5.80. The molecule has 0 saturated heterocycles. The minimum Gasteiger partial charge on any atom is -0.365 e. The maximum atomic E-state index is 11.9. The van der Waals surface area contributed by atoms with E-state index in [4.69, 9.17) is 0 Å². The third kappa shape index (κ3) is 3.78. The summed E-state index contributed by atoms with van der Waals surface area (Å²) in [4.78, 5) is 16.2. The Balaban J connectivity index is 1.98. The third-order valence-electron chi connectivity index (χ3n) is 2.56. The molecule has 1 heterocycles. The molecule has 0 aliphatic carbocycles. The zero-order chi connectivity index (χ0) is 13.8. The van der Waals surface area contributed by atoms with Gasteiger partial charge in [-0.3, -0.25) is 4.79 Å². The first-order valence-electron chi connectivity index (χ1n) is 5.76. The van der Waals surface area contributed by atoms with E-state index in [-0.39, 0.29) is 12.3 Å². The standard InChI is InChI=1S/C13H14BrN3OS/c1-8-3-4-9(5-11(8)14)16-12(18)6-10-7-19-13(15-2)17-10/h3-5,7H,6H2,1-2H3,(H,15,17)(H,16,18). The Hall–Kier alpha value is -1.40. The van der Waals surface area contributed by atoms with Crippen molar-refractivity contribution in [2.75, 3.05) is 17.7 Å². The molecule has 0 aliphatic heterocycles. The summed E-state index contributed by atoms with van der Waals surface area (Å²) < 4.78 is 0.983.